The molecule has 0 aliphatic rings. The molecule has 0 aliphatic carbocycles. The molecule has 0 saturated carbocycles. The summed E-state index contributed by atoms with van der Waals surface area (Å²) in [6.07, 6.45) is 2.35. The molecule has 0 radical (unpaired) electrons. The van der Waals surface area contributed by atoms with Gasteiger partial charge in [-0.1, -0.05) is 6.92 Å². The Hall–Kier alpha value is -1.87. The summed E-state index contributed by atoms with van der Waals surface area (Å²) >= 11 is 0. The van der Waals surface area contributed by atoms with E-state index in [0.717, 1.165) is 6.07 Å². The number of amides is 1. The minimum atomic E-state index is -3.80. The Balaban J connectivity index is 2.85. The first-order valence-electron chi connectivity index (χ1n) is 6.49. The predicted molar refractivity (Wildman–Crippen MR) is 75.3 cm³/mol. The smallest absolute Gasteiger partial charge is 0.352 e. The quantitative estimate of drug-likeness (QED) is 0.557. The van der Waals surface area contributed by atoms with E-state index in [1.807, 2.05) is 6.92 Å². The number of carbonyl (C=O) groups is 2. The maximum absolute atomic E-state index is 12.0. The van der Waals surface area contributed by atoms with Crippen molar-refractivity contribution in [1.82, 2.24) is 9.29 Å². The number of primary amides is 1. The van der Waals surface area contributed by atoms with Crippen LogP contribution >= 0.6 is 0 Å². The van der Waals surface area contributed by atoms with E-state index in [9.17, 15) is 18.0 Å². The van der Waals surface area contributed by atoms with Gasteiger partial charge in [-0.15, -0.1) is 0 Å². The van der Waals surface area contributed by atoms with Crippen molar-refractivity contribution in [2.75, 3.05) is 6.54 Å². The second kappa shape index (κ2) is 7.23. The van der Waals surface area contributed by atoms with Crippen molar-refractivity contribution in [3.05, 3.63) is 18.0 Å². The molecule has 9 heteroatoms. The van der Waals surface area contributed by atoms with Crippen LogP contribution in [0, 0.1) is 0 Å². The summed E-state index contributed by atoms with van der Waals surface area (Å²) in [5.41, 5.74) is 4.88. The number of carbonyl (C=O) groups excluding carboxylic acids is 1. The number of aryl methyl sites for hydroxylation is 1. The van der Waals surface area contributed by atoms with Crippen LogP contribution in [0.25, 0.3) is 0 Å². The van der Waals surface area contributed by atoms with E-state index in [1.165, 1.54) is 10.8 Å². The molecule has 0 aliphatic heterocycles. The van der Waals surface area contributed by atoms with E-state index in [4.69, 9.17) is 10.8 Å². The fraction of sp³-hybridized carbons (Fsp3) is 0.500. The zero-order chi connectivity index (χ0) is 16.0. The minimum absolute atomic E-state index is 0.0621. The lowest BCUT2D eigenvalue weighted by atomic mass is 10.3. The van der Waals surface area contributed by atoms with Gasteiger partial charge in [-0.2, -0.15) is 0 Å². The Bertz CT molecular complexity index is 621. The van der Waals surface area contributed by atoms with Gasteiger partial charge in [0.15, 0.2) is 0 Å². The van der Waals surface area contributed by atoms with E-state index in [1.54, 1.807) is 0 Å². The number of nitrogens with two attached hydrogens (primary N) is 1. The van der Waals surface area contributed by atoms with Gasteiger partial charge in [0, 0.05) is 25.7 Å². The molecule has 0 atom stereocenters. The molecule has 0 fully saturated rings. The molecule has 0 spiro atoms. The zero-order valence-corrected chi connectivity index (χ0v) is 12.5. The van der Waals surface area contributed by atoms with Gasteiger partial charge in [-0.05, 0) is 18.9 Å². The van der Waals surface area contributed by atoms with Crippen LogP contribution in [0.1, 0.15) is 36.7 Å². The molecule has 1 aromatic heterocycles. The highest BCUT2D eigenvalue weighted by atomic mass is 32.2. The van der Waals surface area contributed by atoms with Gasteiger partial charge in [0.25, 0.3) is 0 Å². The number of hydrogen-bond donors (Lipinski definition) is 3. The summed E-state index contributed by atoms with van der Waals surface area (Å²) < 4.78 is 27.8. The summed E-state index contributed by atoms with van der Waals surface area (Å²) in [4.78, 5) is 21.5. The molecule has 1 heterocycles. The number of hydrogen-bond acceptors (Lipinski definition) is 4. The monoisotopic (exact) mass is 317 g/mol. The number of aromatic nitrogens is 1. The molecule has 8 nitrogen and oxygen atoms in total. The first kappa shape index (κ1) is 17.2. The Labute approximate surface area is 123 Å². The standard InChI is InChI=1S/C12H19N3O5S/c1-2-6-15-8-9(7-10(15)12(17)18)21(19,20)14-5-3-4-11(13)16/h7-8,14H,2-6H2,1H3,(H2,13,16)(H,17,18). The Morgan fingerprint density at radius 1 is 1.43 bits per heavy atom. The third kappa shape index (κ3) is 4.87. The fourth-order valence-electron chi connectivity index (χ4n) is 1.79. The lowest BCUT2D eigenvalue weighted by molar-refractivity contribution is -0.118. The average molecular weight is 317 g/mol. The fourth-order valence-corrected chi connectivity index (χ4v) is 2.90. The number of carboxylic acid groups (broad SMARTS) is 1. The number of nitrogens with one attached hydrogen (secondary N) is 1. The molecule has 21 heavy (non-hydrogen) atoms. The van der Waals surface area contributed by atoms with Crippen LogP contribution in [0.15, 0.2) is 17.2 Å². The van der Waals surface area contributed by atoms with E-state index in [2.05, 4.69) is 4.72 Å². The largest absolute Gasteiger partial charge is 0.477 e. The zero-order valence-electron chi connectivity index (χ0n) is 11.7. The average Bonchev–Trinajstić information content (AvgIpc) is 2.80. The Morgan fingerprint density at radius 3 is 2.62 bits per heavy atom. The van der Waals surface area contributed by atoms with Crippen molar-refractivity contribution in [3.8, 4) is 0 Å². The number of nitrogens with zero attached hydrogens (tertiary/aromatic N) is 1. The maximum Gasteiger partial charge on any atom is 0.352 e. The first-order chi connectivity index (χ1) is 9.77. The van der Waals surface area contributed by atoms with Gasteiger partial charge < -0.3 is 15.4 Å². The van der Waals surface area contributed by atoms with Gasteiger partial charge in [0.05, 0.1) is 0 Å². The topological polar surface area (TPSA) is 131 Å². The molecule has 1 aromatic rings. The lowest BCUT2D eigenvalue weighted by Gasteiger charge is -2.04. The third-order valence-corrected chi connectivity index (χ3v) is 4.19. The van der Waals surface area contributed by atoms with Crippen molar-refractivity contribution in [2.24, 2.45) is 5.73 Å². The van der Waals surface area contributed by atoms with Crippen LogP contribution in [-0.4, -0.2) is 36.5 Å². The molecular weight excluding hydrogens is 298 g/mol. The van der Waals surface area contributed by atoms with E-state index in [0.29, 0.717) is 13.0 Å². The van der Waals surface area contributed by atoms with Crippen LogP contribution in [0.2, 0.25) is 0 Å². The number of rotatable bonds is 9. The molecule has 1 amide bonds. The Kier molecular flexibility index (Phi) is 5.91. The normalized spacial score (nSPS) is 11.5. The van der Waals surface area contributed by atoms with Crippen LogP contribution < -0.4 is 10.5 Å². The van der Waals surface area contributed by atoms with Gasteiger partial charge in [-0.25, -0.2) is 17.9 Å². The molecule has 0 bridgehead atoms. The molecule has 118 valence electrons. The van der Waals surface area contributed by atoms with E-state index < -0.39 is 21.9 Å². The van der Waals surface area contributed by atoms with Crippen molar-refractivity contribution in [1.29, 1.82) is 0 Å². The first-order valence-corrected chi connectivity index (χ1v) is 7.97. The molecule has 4 N–H and O–H groups in total. The lowest BCUT2D eigenvalue weighted by Crippen LogP contribution is -2.25. The Morgan fingerprint density at radius 2 is 2.10 bits per heavy atom. The third-order valence-electron chi connectivity index (χ3n) is 2.76. The predicted octanol–water partition coefficient (Wildman–Crippen LogP) is 0.140. The molecular formula is C12H19N3O5S. The second-order valence-electron chi connectivity index (χ2n) is 4.53. The van der Waals surface area contributed by atoms with Crippen LogP contribution in [0.5, 0.6) is 0 Å². The highest BCUT2D eigenvalue weighted by molar-refractivity contribution is 7.89. The SMILES string of the molecule is CCCn1cc(S(=O)(=O)NCCCC(N)=O)cc1C(=O)O. The van der Waals surface area contributed by atoms with Crippen molar-refractivity contribution in [3.63, 3.8) is 0 Å². The summed E-state index contributed by atoms with van der Waals surface area (Å²) in [6, 6.07) is 1.12. The summed E-state index contributed by atoms with van der Waals surface area (Å²) in [6.45, 7) is 2.34. The van der Waals surface area contributed by atoms with Crippen LogP contribution in [0.3, 0.4) is 0 Å². The number of sulfonamides is 1. The van der Waals surface area contributed by atoms with Crippen molar-refractivity contribution < 1.29 is 23.1 Å². The highest BCUT2D eigenvalue weighted by Gasteiger charge is 2.20. The summed E-state index contributed by atoms with van der Waals surface area (Å²) in [7, 11) is -3.80. The van der Waals surface area contributed by atoms with Crippen molar-refractivity contribution >= 4 is 21.9 Å². The van der Waals surface area contributed by atoms with Crippen LogP contribution in [-0.2, 0) is 21.4 Å². The van der Waals surface area contributed by atoms with Crippen LogP contribution in [0.4, 0.5) is 0 Å². The maximum atomic E-state index is 12.0. The van der Waals surface area contributed by atoms with Crippen molar-refractivity contribution in [2.45, 2.75) is 37.6 Å². The van der Waals surface area contributed by atoms with Gasteiger partial charge >= 0.3 is 5.97 Å². The van der Waals surface area contributed by atoms with Gasteiger partial charge in [-0.3, -0.25) is 4.79 Å². The van der Waals surface area contributed by atoms with E-state index >= 15 is 0 Å². The summed E-state index contributed by atoms with van der Waals surface area (Å²) in [5, 5.41) is 9.06. The second-order valence-corrected chi connectivity index (χ2v) is 6.29. The number of carboxylic acids is 1. The van der Waals surface area contributed by atoms with E-state index in [-0.39, 0.29) is 30.0 Å². The number of aromatic carboxylic acids is 1. The molecule has 0 saturated heterocycles. The van der Waals surface area contributed by atoms with Gasteiger partial charge in [0.2, 0.25) is 15.9 Å². The van der Waals surface area contributed by atoms with Gasteiger partial charge in [0.1, 0.15) is 10.6 Å². The molecule has 1 rings (SSSR count). The summed E-state index contributed by atoms with van der Waals surface area (Å²) in [5.74, 6) is -1.69. The minimum Gasteiger partial charge on any atom is -0.477 e. The molecule has 0 aromatic carbocycles. The highest BCUT2D eigenvalue weighted by Crippen LogP contribution is 2.15. The molecule has 0 unspecified atom stereocenters.